The van der Waals surface area contributed by atoms with E-state index in [2.05, 4.69) is 53.8 Å². The number of rotatable bonds is 3. The maximum atomic E-state index is 9.78. The van der Waals surface area contributed by atoms with E-state index < -0.39 is 0 Å². The van der Waals surface area contributed by atoms with Crippen LogP contribution in [-0.2, 0) is 0 Å². The molecule has 2 heteroatoms. The first-order chi connectivity index (χ1) is 9.34. The summed E-state index contributed by atoms with van der Waals surface area (Å²) in [6.07, 6.45) is 0.592. The van der Waals surface area contributed by atoms with Crippen molar-refractivity contribution >= 4 is 0 Å². The molecule has 0 saturated carbocycles. The lowest BCUT2D eigenvalue weighted by Crippen LogP contribution is -2.29. The van der Waals surface area contributed by atoms with Crippen molar-refractivity contribution in [3.05, 3.63) is 71.8 Å². The molecule has 1 fully saturated rings. The van der Waals surface area contributed by atoms with Gasteiger partial charge in [0.05, 0.1) is 6.10 Å². The van der Waals surface area contributed by atoms with Crippen molar-refractivity contribution in [1.29, 1.82) is 0 Å². The van der Waals surface area contributed by atoms with E-state index in [1.54, 1.807) is 0 Å². The van der Waals surface area contributed by atoms with Crippen molar-refractivity contribution in [3.8, 4) is 0 Å². The molecule has 0 spiro atoms. The third-order valence-corrected chi connectivity index (χ3v) is 3.86. The summed E-state index contributed by atoms with van der Waals surface area (Å²) in [5, 5.41) is 13.2. The van der Waals surface area contributed by atoms with Gasteiger partial charge in [0.25, 0.3) is 0 Å². The molecule has 1 aliphatic rings. The van der Waals surface area contributed by atoms with Crippen LogP contribution in [0.4, 0.5) is 0 Å². The highest BCUT2D eigenvalue weighted by Gasteiger charge is 2.31. The van der Waals surface area contributed by atoms with Crippen molar-refractivity contribution in [3.63, 3.8) is 0 Å². The molecule has 0 amide bonds. The van der Waals surface area contributed by atoms with Crippen molar-refractivity contribution in [2.45, 2.75) is 24.5 Å². The third kappa shape index (κ3) is 2.70. The lowest BCUT2D eigenvalue weighted by Gasteiger charge is -2.24. The van der Waals surface area contributed by atoms with Gasteiger partial charge in [0, 0.05) is 18.5 Å². The molecule has 0 aromatic heterocycles. The predicted molar refractivity (Wildman–Crippen MR) is 77.1 cm³/mol. The third-order valence-electron chi connectivity index (χ3n) is 3.86. The fourth-order valence-electron chi connectivity index (χ4n) is 2.98. The molecule has 2 aromatic rings. The minimum absolute atomic E-state index is 0.222. The van der Waals surface area contributed by atoms with Crippen LogP contribution in [0.1, 0.15) is 23.5 Å². The number of aliphatic hydroxyl groups excluding tert-OH is 1. The molecule has 19 heavy (non-hydrogen) atoms. The minimum Gasteiger partial charge on any atom is -0.392 e. The van der Waals surface area contributed by atoms with E-state index in [4.69, 9.17) is 0 Å². The van der Waals surface area contributed by atoms with Crippen LogP contribution in [0.15, 0.2) is 60.7 Å². The van der Waals surface area contributed by atoms with Crippen LogP contribution in [0, 0.1) is 0 Å². The molecule has 0 radical (unpaired) electrons. The summed E-state index contributed by atoms with van der Waals surface area (Å²) in [7, 11) is 0. The van der Waals surface area contributed by atoms with Crippen LogP contribution in [-0.4, -0.2) is 23.8 Å². The normalized spacial score (nSPS) is 22.8. The average molecular weight is 253 g/mol. The van der Waals surface area contributed by atoms with E-state index in [-0.39, 0.29) is 6.10 Å². The van der Waals surface area contributed by atoms with Gasteiger partial charge in [-0.05, 0) is 17.5 Å². The van der Waals surface area contributed by atoms with Crippen molar-refractivity contribution in [1.82, 2.24) is 5.32 Å². The van der Waals surface area contributed by atoms with E-state index >= 15 is 0 Å². The zero-order valence-corrected chi connectivity index (χ0v) is 10.9. The minimum atomic E-state index is -0.222. The number of hydrogen-bond acceptors (Lipinski definition) is 2. The Labute approximate surface area is 114 Å². The Morgan fingerprint density at radius 1 is 0.895 bits per heavy atom. The molecule has 1 saturated heterocycles. The number of nitrogens with one attached hydrogen (secondary N) is 1. The fourth-order valence-corrected chi connectivity index (χ4v) is 2.98. The van der Waals surface area contributed by atoms with Gasteiger partial charge >= 0.3 is 0 Å². The Morgan fingerprint density at radius 2 is 1.42 bits per heavy atom. The summed E-state index contributed by atoms with van der Waals surface area (Å²) >= 11 is 0. The second kappa shape index (κ2) is 5.55. The van der Waals surface area contributed by atoms with E-state index in [1.807, 2.05) is 12.1 Å². The molecule has 1 heterocycles. The number of hydrogen-bond donors (Lipinski definition) is 2. The molecule has 0 bridgehead atoms. The second-order valence-corrected chi connectivity index (χ2v) is 5.20. The van der Waals surface area contributed by atoms with Gasteiger partial charge in [0.2, 0.25) is 0 Å². The average Bonchev–Trinajstić information content (AvgIpc) is 2.88. The maximum absolute atomic E-state index is 9.78. The van der Waals surface area contributed by atoms with Gasteiger partial charge < -0.3 is 10.4 Å². The first kappa shape index (κ1) is 12.4. The summed E-state index contributed by atoms with van der Waals surface area (Å²) in [5.74, 6) is 0.305. The van der Waals surface area contributed by atoms with Crippen LogP contribution in [0.25, 0.3) is 0 Å². The summed E-state index contributed by atoms with van der Waals surface area (Å²) in [6, 6.07) is 21.4. The number of β-amino-alcohol motifs (C(OH)–C–C–N with tert-alkyl or cyclic N) is 1. The monoisotopic (exact) mass is 253 g/mol. The van der Waals surface area contributed by atoms with Gasteiger partial charge in [-0.15, -0.1) is 0 Å². The Morgan fingerprint density at radius 3 is 1.84 bits per heavy atom. The summed E-state index contributed by atoms with van der Waals surface area (Å²) in [5.41, 5.74) is 2.61. The molecule has 2 nitrogen and oxygen atoms in total. The Kier molecular flexibility index (Phi) is 3.62. The first-order valence-electron chi connectivity index (χ1n) is 6.86. The van der Waals surface area contributed by atoms with Gasteiger partial charge in [0.1, 0.15) is 0 Å². The summed E-state index contributed by atoms with van der Waals surface area (Å²) in [6.45, 7) is 0.695. The Balaban J connectivity index is 1.97. The quantitative estimate of drug-likeness (QED) is 0.881. The number of benzene rings is 2. The smallest absolute Gasteiger partial charge is 0.0679 e. The van der Waals surface area contributed by atoms with Gasteiger partial charge in [-0.3, -0.25) is 0 Å². The Bertz CT molecular complexity index is 472. The van der Waals surface area contributed by atoms with E-state index in [0.717, 1.165) is 6.42 Å². The van der Waals surface area contributed by atoms with Crippen LogP contribution >= 0.6 is 0 Å². The van der Waals surface area contributed by atoms with Crippen molar-refractivity contribution < 1.29 is 5.11 Å². The molecule has 0 unspecified atom stereocenters. The largest absolute Gasteiger partial charge is 0.392 e. The summed E-state index contributed by atoms with van der Waals surface area (Å²) < 4.78 is 0. The van der Waals surface area contributed by atoms with E-state index in [0.29, 0.717) is 18.5 Å². The van der Waals surface area contributed by atoms with Gasteiger partial charge in [0.15, 0.2) is 0 Å². The first-order valence-corrected chi connectivity index (χ1v) is 6.86. The number of aliphatic hydroxyl groups is 1. The van der Waals surface area contributed by atoms with Gasteiger partial charge in [-0.1, -0.05) is 60.7 Å². The fraction of sp³-hybridized carbons (Fsp3) is 0.294. The SMILES string of the molecule is O[C@@H]1CN[C@@H](C(c2ccccc2)c2ccccc2)C1. The highest BCUT2D eigenvalue weighted by atomic mass is 16.3. The van der Waals surface area contributed by atoms with Crippen molar-refractivity contribution in [2.24, 2.45) is 0 Å². The van der Waals surface area contributed by atoms with Gasteiger partial charge in [-0.25, -0.2) is 0 Å². The van der Waals surface area contributed by atoms with E-state index in [9.17, 15) is 5.11 Å². The molecule has 2 N–H and O–H groups in total. The summed E-state index contributed by atoms with van der Waals surface area (Å²) in [4.78, 5) is 0. The standard InChI is InChI=1S/C17H19NO/c19-15-11-16(18-12-15)17(13-7-3-1-4-8-13)14-9-5-2-6-10-14/h1-10,15-19H,11-12H2/t15-,16+/m0/s1. The molecule has 0 aliphatic carbocycles. The molecule has 3 rings (SSSR count). The molecule has 2 atom stereocenters. The zero-order chi connectivity index (χ0) is 13.1. The molecule has 98 valence electrons. The molecule has 1 aliphatic heterocycles. The second-order valence-electron chi connectivity index (χ2n) is 5.20. The topological polar surface area (TPSA) is 32.3 Å². The van der Waals surface area contributed by atoms with E-state index in [1.165, 1.54) is 11.1 Å². The lowest BCUT2D eigenvalue weighted by molar-refractivity contribution is 0.192. The zero-order valence-electron chi connectivity index (χ0n) is 10.9. The van der Waals surface area contributed by atoms with Crippen LogP contribution < -0.4 is 5.32 Å². The highest BCUT2D eigenvalue weighted by molar-refractivity contribution is 5.34. The maximum Gasteiger partial charge on any atom is 0.0679 e. The Hall–Kier alpha value is -1.64. The van der Waals surface area contributed by atoms with Gasteiger partial charge in [-0.2, -0.15) is 0 Å². The van der Waals surface area contributed by atoms with Crippen LogP contribution in [0.3, 0.4) is 0 Å². The van der Waals surface area contributed by atoms with Crippen LogP contribution in [0.2, 0.25) is 0 Å². The van der Waals surface area contributed by atoms with Crippen molar-refractivity contribution in [2.75, 3.05) is 6.54 Å². The molecular formula is C17H19NO. The predicted octanol–water partition coefficient (Wildman–Crippen LogP) is 2.54. The molecular weight excluding hydrogens is 234 g/mol. The highest BCUT2D eigenvalue weighted by Crippen LogP contribution is 2.31. The lowest BCUT2D eigenvalue weighted by atomic mass is 9.84. The van der Waals surface area contributed by atoms with Crippen LogP contribution in [0.5, 0.6) is 0 Å². The molecule has 2 aromatic carbocycles.